The molecule has 0 heterocycles. The first-order valence-electron chi connectivity index (χ1n) is 6.11. The Hall–Kier alpha value is -1.40. The average molecular weight is 309 g/mol. The van der Waals surface area contributed by atoms with Crippen LogP contribution in [-0.2, 0) is 4.79 Å². The molecular weight excluding hydrogens is 290 g/mol. The zero-order valence-corrected chi connectivity index (χ0v) is 12.0. The highest BCUT2D eigenvalue weighted by Crippen LogP contribution is 2.28. The molecule has 1 aromatic rings. The molecule has 1 unspecified atom stereocenters. The number of amides is 1. The summed E-state index contributed by atoms with van der Waals surface area (Å²) in [4.78, 5) is 11.5. The lowest BCUT2D eigenvalue weighted by Gasteiger charge is -2.20. The third kappa shape index (κ3) is 5.71. The second-order valence-corrected chi connectivity index (χ2v) is 3.98. The molecule has 3 N–H and O–H groups in total. The lowest BCUT2D eigenvalue weighted by Crippen LogP contribution is -2.30. The largest absolute Gasteiger partial charge is 0.434 e. The number of ether oxygens (including phenoxy) is 1. The Balaban J connectivity index is 0.00000361. The molecule has 20 heavy (non-hydrogen) atoms. The van der Waals surface area contributed by atoms with Gasteiger partial charge in [-0.1, -0.05) is 25.1 Å². The van der Waals surface area contributed by atoms with Gasteiger partial charge < -0.3 is 15.8 Å². The summed E-state index contributed by atoms with van der Waals surface area (Å²) in [5.41, 5.74) is 5.83. The fraction of sp³-hybridized carbons (Fsp3) is 0.462. The molecule has 114 valence electrons. The van der Waals surface area contributed by atoms with Crippen LogP contribution in [0.5, 0.6) is 5.75 Å². The van der Waals surface area contributed by atoms with Crippen molar-refractivity contribution in [1.82, 2.24) is 5.32 Å². The van der Waals surface area contributed by atoms with E-state index >= 15 is 0 Å². The number of alkyl halides is 2. The maximum atomic E-state index is 12.3. The lowest BCUT2D eigenvalue weighted by molar-refractivity contribution is -0.121. The van der Waals surface area contributed by atoms with E-state index < -0.39 is 6.61 Å². The fourth-order valence-corrected chi connectivity index (χ4v) is 1.77. The van der Waals surface area contributed by atoms with Crippen LogP contribution in [0.2, 0.25) is 0 Å². The molecule has 0 radical (unpaired) electrons. The van der Waals surface area contributed by atoms with Crippen molar-refractivity contribution >= 4 is 18.3 Å². The summed E-state index contributed by atoms with van der Waals surface area (Å²) in [5.74, 6) is -0.126. The fourth-order valence-electron chi connectivity index (χ4n) is 1.77. The summed E-state index contributed by atoms with van der Waals surface area (Å²) < 4.78 is 29.1. The molecule has 0 aromatic heterocycles. The van der Waals surface area contributed by atoms with E-state index in [1.54, 1.807) is 18.2 Å². The quantitative estimate of drug-likeness (QED) is 0.814. The van der Waals surface area contributed by atoms with Crippen LogP contribution in [0, 0.1) is 0 Å². The maximum absolute atomic E-state index is 12.3. The van der Waals surface area contributed by atoms with Crippen molar-refractivity contribution < 1.29 is 18.3 Å². The van der Waals surface area contributed by atoms with Crippen molar-refractivity contribution in [3.05, 3.63) is 29.8 Å². The van der Waals surface area contributed by atoms with Crippen molar-refractivity contribution in [2.45, 2.75) is 32.4 Å². The summed E-state index contributed by atoms with van der Waals surface area (Å²) in [7, 11) is 0. The monoisotopic (exact) mass is 308 g/mol. The number of rotatable bonds is 7. The molecule has 0 spiro atoms. The van der Waals surface area contributed by atoms with Gasteiger partial charge >= 0.3 is 6.61 Å². The van der Waals surface area contributed by atoms with Crippen LogP contribution in [0.1, 0.15) is 31.4 Å². The number of nitrogens with one attached hydrogen (secondary N) is 1. The highest BCUT2D eigenvalue weighted by molar-refractivity contribution is 5.85. The molecule has 1 rings (SSSR count). The molecule has 0 aliphatic carbocycles. The standard InChI is InChI=1S/C13H18F2N2O2.ClH/c1-2-10(17-12(18)7-8-16)9-5-3-4-6-11(9)19-13(14)15;/h3-6,10,13H,2,7-8,16H2,1H3,(H,17,18);1H. The van der Waals surface area contributed by atoms with E-state index in [9.17, 15) is 13.6 Å². The topological polar surface area (TPSA) is 64.4 Å². The zero-order valence-electron chi connectivity index (χ0n) is 11.1. The summed E-state index contributed by atoms with van der Waals surface area (Å²) in [5, 5.41) is 2.75. The second-order valence-electron chi connectivity index (χ2n) is 3.98. The van der Waals surface area contributed by atoms with Crippen molar-refractivity contribution in [2.75, 3.05) is 6.54 Å². The van der Waals surface area contributed by atoms with E-state index in [0.29, 0.717) is 12.0 Å². The lowest BCUT2D eigenvalue weighted by atomic mass is 10.0. The van der Waals surface area contributed by atoms with Gasteiger partial charge in [-0.3, -0.25) is 4.79 Å². The van der Waals surface area contributed by atoms with Gasteiger partial charge in [0, 0.05) is 18.5 Å². The van der Waals surface area contributed by atoms with Crippen LogP contribution in [-0.4, -0.2) is 19.1 Å². The smallest absolute Gasteiger partial charge is 0.387 e. The zero-order chi connectivity index (χ0) is 14.3. The number of para-hydroxylation sites is 1. The Labute approximate surface area is 123 Å². The summed E-state index contributed by atoms with van der Waals surface area (Å²) in [6.07, 6.45) is 0.772. The van der Waals surface area contributed by atoms with E-state index in [1.807, 2.05) is 6.92 Å². The number of carbonyl (C=O) groups excluding carboxylic acids is 1. The van der Waals surface area contributed by atoms with E-state index in [1.165, 1.54) is 6.07 Å². The van der Waals surface area contributed by atoms with Gasteiger partial charge in [-0.05, 0) is 12.5 Å². The first-order valence-corrected chi connectivity index (χ1v) is 6.11. The van der Waals surface area contributed by atoms with E-state index in [4.69, 9.17) is 5.73 Å². The third-order valence-corrected chi connectivity index (χ3v) is 2.63. The summed E-state index contributed by atoms with van der Waals surface area (Å²) in [6, 6.07) is 6.07. The Morgan fingerprint density at radius 3 is 2.60 bits per heavy atom. The number of halogens is 3. The van der Waals surface area contributed by atoms with Gasteiger partial charge in [0.15, 0.2) is 0 Å². The summed E-state index contributed by atoms with van der Waals surface area (Å²) in [6.45, 7) is -0.789. The molecule has 1 atom stereocenters. The van der Waals surface area contributed by atoms with Crippen molar-refractivity contribution in [1.29, 1.82) is 0 Å². The highest BCUT2D eigenvalue weighted by atomic mass is 35.5. The molecule has 0 saturated carbocycles. The first kappa shape index (κ1) is 18.6. The molecule has 1 aromatic carbocycles. The van der Waals surface area contributed by atoms with Crippen LogP contribution in [0.15, 0.2) is 24.3 Å². The number of carbonyl (C=O) groups is 1. The first-order chi connectivity index (χ1) is 9.08. The molecule has 1 amide bonds. The van der Waals surface area contributed by atoms with Gasteiger partial charge in [-0.25, -0.2) is 0 Å². The minimum atomic E-state index is -2.89. The predicted octanol–water partition coefficient (Wildman–Crippen LogP) is 2.63. The molecule has 7 heteroatoms. The van der Waals surface area contributed by atoms with Crippen molar-refractivity contribution in [2.24, 2.45) is 5.73 Å². The van der Waals surface area contributed by atoms with Crippen LogP contribution >= 0.6 is 12.4 Å². The molecule has 0 aliphatic rings. The Kier molecular flexibility index (Phi) is 8.83. The van der Waals surface area contributed by atoms with Gasteiger partial charge in [0.05, 0.1) is 6.04 Å². The molecule has 0 fully saturated rings. The van der Waals surface area contributed by atoms with E-state index in [0.717, 1.165) is 0 Å². The van der Waals surface area contributed by atoms with Gasteiger partial charge in [0.25, 0.3) is 0 Å². The maximum Gasteiger partial charge on any atom is 0.387 e. The van der Waals surface area contributed by atoms with Crippen LogP contribution in [0.3, 0.4) is 0 Å². The van der Waals surface area contributed by atoms with Gasteiger partial charge in [-0.15, -0.1) is 12.4 Å². The Morgan fingerprint density at radius 2 is 2.05 bits per heavy atom. The molecule has 0 aliphatic heterocycles. The van der Waals surface area contributed by atoms with Crippen LogP contribution in [0.4, 0.5) is 8.78 Å². The van der Waals surface area contributed by atoms with Crippen molar-refractivity contribution in [3.63, 3.8) is 0 Å². The minimum absolute atomic E-state index is 0. The van der Waals surface area contributed by atoms with Crippen molar-refractivity contribution in [3.8, 4) is 5.75 Å². The third-order valence-electron chi connectivity index (χ3n) is 2.63. The highest BCUT2D eigenvalue weighted by Gasteiger charge is 2.18. The number of hydrogen-bond acceptors (Lipinski definition) is 3. The van der Waals surface area contributed by atoms with E-state index in [2.05, 4.69) is 10.1 Å². The van der Waals surface area contributed by atoms with Crippen LogP contribution in [0.25, 0.3) is 0 Å². The molecular formula is C13H19ClF2N2O2. The molecule has 0 bridgehead atoms. The SMILES string of the molecule is CCC(NC(=O)CCN)c1ccccc1OC(F)F.Cl. The number of nitrogens with two attached hydrogens (primary N) is 1. The van der Waals surface area contributed by atoms with Gasteiger partial charge in [0.2, 0.25) is 5.91 Å². The van der Waals surface area contributed by atoms with Gasteiger partial charge in [-0.2, -0.15) is 8.78 Å². The Morgan fingerprint density at radius 1 is 1.40 bits per heavy atom. The second kappa shape index (κ2) is 9.50. The summed E-state index contributed by atoms with van der Waals surface area (Å²) >= 11 is 0. The molecule has 4 nitrogen and oxygen atoms in total. The van der Waals surface area contributed by atoms with Gasteiger partial charge in [0.1, 0.15) is 5.75 Å². The van der Waals surface area contributed by atoms with E-state index in [-0.39, 0.29) is 43.1 Å². The number of hydrogen-bond donors (Lipinski definition) is 2. The normalized spacial score (nSPS) is 11.7. The molecule has 0 saturated heterocycles. The predicted molar refractivity (Wildman–Crippen MR) is 75.2 cm³/mol. The minimum Gasteiger partial charge on any atom is -0.434 e. The van der Waals surface area contributed by atoms with Crippen LogP contribution < -0.4 is 15.8 Å². The Bertz CT molecular complexity index is 419. The average Bonchev–Trinajstić information content (AvgIpc) is 2.36. The number of benzene rings is 1.